The predicted octanol–water partition coefficient (Wildman–Crippen LogP) is 2.71. The summed E-state index contributed by atoms with van der Waals surface area (Å²) >= 11 is 0. The molecule has 0 unspecified atom stereocenters. The maximum Gasteiger partial charge on any atom is 0.216 e. The van der Waals surface area contributed by atoms with Gasteiger partial charge in [0.05, 0.1) is 22.4 Å². The number of rotatable bonds is 5. The van der Waals surface area contributed by atoms with E-state index in [0.29, 0.717) is 6.54 Å². The van der Waals surface area contributed by atoms with Gasteiger partial charge < -0.3 is 10.3 Å². The number of benzene rings is 1. The van der Waals surface area contributed by atoms with Crippen LogP contribution in [-0.4, -0.2) is 32.4 Å². The number of amides is 1. The molecule has 6 nitrogen and oxygen atoms in total. The van der Waals surface area contributed by atoms with Crippen molar-refractivity contribution < 1.29 is 4.79 Å². The molecule has 24 heavy (non-hydrogen) atoms. The Morgan fingerprint density at radius 1 is 1.25 bits per heavy atom. The summed E-state index contributed by atoms with van der Waals surface area (Å²) in [4.78, 5) is 28.0. The summed E-state index contributed by atoms with van der Waals surface area (Å²) in [5.41, 5.74) is 5.64. The van der Waals surface area contributed by atoms with Crippen LogP contribution in [0.15, 0.2) is 24.4 Å². The van der Waals surface area contributed by atoms with Crippen molar-refractivity contribution in [3.05, 3.63) is 41.3 Å². The van der Waals surface area contributed by atoms with E-state index in [4.69, 9.17) is 4.98 Å². The highest BCUT2D eigenvalue weighted by atomic mass is 16.1. The predicted molar refractivity (Wildman–Crippen MR) is 93.6 cm³/mol. The number of imidazole rings is 1. The molecule has 3 rings (SSSR count). The van der Waals surface area contributed by atoms with Crippen LogP contribution in [0.2, 0.25) is 0 Å². The zero-order valence-corrected chi connectivity index (χ0v) is 14.2. The van der Waals surface area contributed by atoms with E-state index in [9.17, 15) is 4.79 Å². The normalized spacial score (nSPS) is 11.0. The van der Waals surface area contributed by atoms with Crippen molar-refractivity contribution in [2.24, 2.45) is 0 Å². The minimum Gasteiger partial charge on any atom is -0.356 e. The monoisotopic (exact) mass is 323 g/mol. The fourth-order valence-corrected chi connectivity index (χ4v) is 2.60. The molecule has 0 aliphatic rings. The van der Waals surface area contributed by atoms with Crippen molar-refractivity contribution in [1.82, 2.24) is 25.3 Å². The number of hydrogen-bond donors (Lipinski definition) is 2. The van der Waals surface area contributed by atoms with E-state index >= 15 is 0 Å². The molecule has 1 amide bonds. The maximum atomic E-state index is 10.9. The van der Waals surface area contributed by atoms with Crippen molar-refractivity contribution in [2.45, 2.75) is 33.6 Å². The Bertz CT molecular complexity index is 884. The van der Waals surface area contributed by atoms with Crippen LogP contribution in [-0.2, 0) is 11.2 Å². The van der Waals surface area contributed by atoms with Crippen LogP contribution >= 0.6 is 0 Å². The van der Waals surface area contributed by atoms with Gasteiger partial charge in [-0.2, -0.15) is 0 Å². The zero-order chi connectivity index (χ0) is 17.1. The fourth-order valence-electron chi connectivity index (χ4n) is 2.60. The average Bonchev–Trinajstić information content (AvgIpc) is 2.95. The van der Waals surface area contributed by atoms with E-state index in [0.717, 1.165) is 46.8 Å². The van der Waals surface area contributed by atoms with Gasteiger partial charge in [0.15, 0.2) is 5.82 Å². The molecule has 0 saturated heterocycles. The first-order valence-electron chi connectivity index (χ1n) is 8.06. The van der Waals surface area contributed by atoms with Crippen LogP contribution in [0.1, 0.15) is 30.3 Å². The van der Waals surface area contributed by atoms with Crippen molar-refractivity contribution in [1.29, 1.82) is 0 Å². The molecule has 0 fully saturated rings. The van der Waals surface area contributed by atoms with Gasteiger partial charge in [0.25, 0.3) is 0 Å². The summed E-state index contributed by atoms with van der Waals surface area (Å²) < 4.78 is 0. The molecule has 1 aromatic carbocycles. The number of aromatic nitrogens is 4. The van der Waals surface area contributed by atoms with Gasteiger partial charge in [-0.15, -0.1) is 0 Å². The van der Waals surface area contributed by atoms with E-state index in [1.807, 2.05) is 19.1 Å². The summed E-state index contributed by atoms with van der Waals surface area (Å²) in [7, 11) is 0. The van der Waals surface area contributed by atoms with Gasteiger partial charge in [-0.05, 0) is 44.4 Å². The van der Waals surface area contributed by atoms with Gasteiger partial charge in [0.2, 0.25) is 5.91 Å². The highest BCUT2D eigenvalue weighted by Crippen LogP contribution is 2.22. The second-order valence-electron chi connectivity index (χ2n) is 5.99. The van der Waals surface area contributed by atoms with Crippen LogP contribution in [0.5, 0.6) is 0 Å². The Morgan fingerprint density at radius 2 is 2.08 bits per heavy atom. The molecule has 0 saturated carbocycles. The summed E-state index contributed by atoms with van der Waals surface area (Å²) in [5, 5.41) is 2.79. The SMILES string of the molecule is CC(=O)NCCCc1cnc(C)c(-c2nc3ccc(C)cc3[nH]2)n1. The molecular formula is C18H21N5O. The Hall–Kier alpha value is -2.76. The van der Waals surface area contributed by atoms with E-state index in [-0.39, 0.29) is 5.91 Å². The number of hydrogen-bond acceptors (Lipinski definition) is 4. The number of H-pyrrole nitrogens is 1. The number of nitrogens with zero attached hydrogens (tertiary/aromatic N) is 3. The molecule has 0 radical (unpaired) electrons. The number of fused-ring (bicyclic) bond motifs is 1. The Labute approximate surface area is 140 Å². The van der Waals surface area contributed by atoms with Gasteiger partial charge in [-0.1, -0.05) is 6.07 Å². The number of carbonyl (C=O) groups excluding carboxylic acids is 1. The highest BCUT2D eigenvalue weighted by Gasteiger charge is 2.11. The van der Waals surface area contributed by atoms with Gasteiger partial charge in [0, 0.05) is 19.7 Å². The smallest absolute Gasteiger partial charge is 0.216 e. The van der Waals surface area contributed by atoms with Crippen molar-refractivity contribution in [2.75, 3.05) is 6.54 Å². The number of nitrogens with one attached hydrogen (secondary N) is 2. The lowest BCUT2D eigenvalue weighted by Crippen LogP contribution is -2.21. The Balaban J connectivity index is 1.83. The molecule has 0 bridgehead atoms. The third kappa shape index (κ3) is 3.59. The van der Waals surface area contributed by atoms with Crippen molar-refractivity contribution in [3.8, 4) is 11.5 Å². The highest BCUT2D eigenvalue weighted by molar-refractivity contribution is 5.79. The lowest BCUT2D eigenvalue weighted by molar-refractivity contribution is -0.118. The molecule has 3 aromatic rings. The first-order valence-corrected chi connectivity index (χ1v) is 8.06. The van der Waals surface area contributed by atoms with Crippen LogP contribution < -0.4 is 5.32 Å². The summed E-state index contributed by atoms with van der Waals surface area (Å²) in [6.07, 6.45) is 3.38. The van der Waals surface area contributed by atoms with Crippen LogP contribution in [0.25, 0.3) is 22.6 Å². The maximum absolute atomic E-state index is 10.9. The van der Waals surface area contributed by atoms with Crippen molar-refractivity contribution >= 4 is 16.9 Å². The lowest BCUT2D eigenvalue weighted by Gasteiger charge is -2.06. The summed E-state index contributed by atoms with van der Waals surface area (Å²) in [6, 6.07) is 6.13. The Kier molecular flexibility index (Phi) is 4.55. The van der Waals surface area contributed by atoms with E-state index < -0.39 is 0 Å². The standard InChI is InChI=1S/C18H21N5O/c1-11-6-7-15-16(9-11)23-18(22-15)17-12(2)20-10-14(21-17)5-4-8-19-13(3)24/h6-7,9-10H,4-5,8H2,1-3H3,(H,19,24)(H,22,23). The molecule has 6 heteroatoms. The molecule has 0 spiro atoms. The third-order valence-electron chi connectivity index (χ3n) is 3.85. The van der Waals surface area contributed by atoms with Crippen LogP contribution in [0.3, 0.4) is 0 Å². The van der Waals surface area contributed by atoms with Gasteiger partial charge in [-0.25, -0.2) is 9.97 Å². The molecule has 0 atom stereocenters. The zero-order valence-electron chi connectivity index (χ0n) is 14.2. The minimum absolute atomic E-state index is 0.0109. The van der Waals surface area contributed by atoms with Crippen molar-refractivity contribution in [3.63, 3.8) is 0 Å². The Morgan fingerprint density at radius 3 is 2.88 bits per heavy atom. The second-order valence-corrected chi connectivity index (χ2v) is 5.99. The molecule has 2 heterocycles. The third-order valence-corrected chi connectivity index (χ3v) is 3.85. The van der Waals surface area contributed by atoms with Gasteiger partial charge in [0.1, 0.15) is 5.69 Å². The number of aromatic amines is 1. The van der Waals surface area contributed by atoms with Gasteiger partial charge in [-0.3, -0.25) is 9.78 Å². The largest absolute Gasteiger partial charge is 0.356 e. The molecule has 0 aliphatic heterocycles. The first-order chi connectivity index (χ1) is 11.5. The fraction of sp³-hybridized carbons (Fsp3) is 0.333. The van der Waals surface area contributed by atoms with E-state index in [2.05, 4.69) is 33.3 Å². The average molecular weight is 323 g/mol. The molecule has 2 N–H and O–H groups in total. The quantitative estimate of drug-likeness (QED) is 0.707. The van der Waals surface area contributed by atoms with E-state index in [1.165, 1.54) is 12.5 Å². The second kappa shape index (κ2) is 6.78. The summed E-state index contributed by atoms with van der Waals surface area (Å²) in [6.45, 7) is 6.15. The lowest BCUT2D eigenvalue weighted by atomic mass is 10.2. The van der Waals surface area contributed by atoms with E-state index in [1.54, 1.807) is 6.20 Å². The minimum atomic E-state index is -0.0109. The first kappa shape index (κ1) is 16.1. The van der Waals surface area contributed by atoms with Crippen LogP contribution in [0, 0.1) is 13.8 Å². The summed E-state index contributed by atoms with van der Waals surface area (Å²) in [5.74, 6) is 0.729. The molecular weight excluding hydrogens is 302 g/mol. The topological polar surface area (TPSA) is 83.6 Å². The molecule has 124 valence electrons. The molecule has 0 aliphatic carbocycles. The van der Waals surface area contributed by atoms with Gasteiger partial charge >= 0.3 is 0 Å². The number of aryl methyl sites for hydroxylation is 3. The number of carbonyl (C=O) groups is 1. The molecule has 2 aromatic heterocycles. The van der Waals surface area contributed by atoms with Crippen LogP contribution in [0.4, 0.5) is 0 Å².